The number of aliphatic hydroxyl groups is 1. The van der Waals surface area contributed by atoms with Crippen molar-refractivity contribution < 1.29 is 5.11 Å². The third-order valence-corrected chi connectivity index (χ3v) is 4.61. The van der Waals surface area contributed by atoms with Crippen molar-refractivity contribution in [2.75, 3.05) is 39.3 Å². The first kappa shape index (κ1) is 15.9. The fourth-order valence-corrected chi connectivity index (χ4v) is 3.53. The second-order valence-corrected chi connectivity index (χ2v) is 7.51. The highest BCUT2D eigenvalue weighted by Crippen LogP contribution is 2.24. The molecule has 1 aromatic rings. The summed E-state index contributed by atoms with van der Waals surface area (Å²) in [4.78, 5) is 9.62. The summed E-state index contributed by atoms with van der Waals surface area (Å²) in [6, 6.07) is 0. The van der Waals surface area contributed by atoms with Gasteiger partial charge >= 0.3 is 0 Å². The van der Waals surface area contributed by atoms with Crippen molar-refractivity contribution in [1.29, 1.82) is 0 Å². The van der Waals surface area contributed by atoms with Crippen LogP contribution in [0.25, 0.3) is 0 Å². The maximum absolute atomic E-state index is 9.03. The van der Waals surface area contributed by atoms with E-state index in [-0.39, 0.29) is 12.0 Å². The fraction of sp³-hybridized carbons (Fsp3) is 0.800. The highest BCUT2D eigenvalue weighted by atomic mass is 32.1. The minimum Gasteiger partial charge on any atom is -0.395 e. The molecule has 0 aromatic carbocycles. The standard InChI is InChI=1S/C15H27N3OS/c1-15(2,3)13-12-20-14(16-13)11-18-6-4-5-17(7-8-18)9-10-19/h12,19H,4-11H2,1-3H3. The lowest BCUT2D eigenvalue weighted by Gasteiger charge is -2.20. The van der Waals surface area contributed by atoms with Gasteiger partial charge in [0.1, 0.15) is 5.01 Å². The Bertz CT molecular complexity index is 413. The lowest BCUT2D eigenvalue weighted by atomic mass is 9.93. The summed E-state index contributed by atoms with van der Waals surface area (Å²) >= 11 is 1.78. The van der Waals surface area contributed by atoms with Gasteiger partial charge in [0.2, 0.25) is 0 Å². The summed E-state index contributed by atoms with van der Waals surface area (Å²) < 4.78 is 0. The van der Waals surface area contributed by atoms with E-state index in [0.717, 1.165) is 39.3 Å². The number of aliphatic hydroxyl groups excluding tert-OH is 1. The molecule has 1 aliphatic rings. The first-order chi connectivity index (χ1) is 9.49. The summed E-state index contributed by atoms with van der Waals surface area (Å²) in [5.41, 5.74) is 1.35. The summed E-state index contributed by atoms with van der Waals surface area (Å²) in [6.45, 7) is 13.0. The van der Waals surface area contributed by atoms with Crippen LogP contribution in [0.4, 0.5) is 0 Å². The largest absolute Gasteiger partial charge is 0.395 e. The van der Waals surface area contributed by atoms with Crippen LogP contribution >= 0.6 is 11.3 Å². The maximum atomic E-state index is 9.03. The second-order valence-electron chi connectivity index (χ2n) is 6.57. The average Bonchev–Trinajstić information content (AvgIpc) is 2.73. The van der Waals surface area contributed by atoms with Crippen molar-refractivity contribution in [2.24, 2.45) is 0 Å². The monoisotopic (exact) mass is 297 g/mol. The van der Waals surface area contributed by atoms with Crippen LogP contribution in [-0.4, -0.2) is 59.2 Å². The molecular formula is C15H27N3OS. The Balaban J connectivity index is 1.88. The van der Waals surface area contributed by atoms with Crippen molar-refractivity contribution in [2.45, 2.75) is 39.2 Å². The molecule has 0 spiro atoms. The van der Waals surface area contributed by atoms with Crippen molar-refractivity contribution in [3.63, 3.8) is 0 Å². The fourth-order valence-electron chi connectivity index (χ4n) is 2.47. The molecule has 1 N–H and O–H groups in total. The number of hydrogen-bond donors (Lipinski definition) is 1. The Morgan fingerprint density at radius 2 is 1.90 bits per heavy atom. The maximum Gasteiger partial charge on any atom is 0.107 e. The highest BCUT2D eigenvalue weighted by molar-refractivity contribution is 7.09. The molecular weight excluding hydrogens is 270 g/mol. The van der Waals surface area contributed by atoms with Gasteiger partial charge in [0.05, 0.1) is 18.8 Å². The zero-order chi connectivity index (χ0) is 14.6. The lowest BCUT2D eigenvalue weighted by molar-refractivity contribution is 0.196. The minimum absolute atomic E-state index is 0.144. The molecule has 5 heteroatoms. The molecule has 1 saturated heterocycles. The minimum atomic E-state index is 0.144. The third-order valence-electron chi connectivity index (χ3n) is 3.78. The topological polar surface area (TPSA) is 39.6 Å². The molecule has 0 bridgehead atoms. The average molecular weight is 297 g/mol. The number of thiazole rings is 1. The molecule has 2 rings (SSSR count). The van der Waals surface area contributed by atoms with Crippen LogP contribution in [-0.2, 0) is 12.0 Å². The van der Waals surface area contributed by atoms with Crippen molar-refractivity contribution in [3.05, 3.63) is 16.1 Å². The van der Waals surface area contributed by atoms with Crippen LogP contribution in [0.1, 0.15) is 37.9 Å². The van der Waals surface area contributed by atoms with E-state index in [9.17, 15) is 0 Å². The van der Waals surface area contributed by atoms with E-state index in [1.807, 2.05) is 0 Å². The molecule has 0 atom stereocenters. The van der Waals surface area contributed by atoms with Crippen LogP contribution in [0.3, 0.4) is 0 Å². The Morgan fingerprint density at radius 1 is 1.20 bits per heavy atom. The summed E-state index contributed by atoms with van der Waals surface area (Å²) in [7, 11) is 0. The van der Waals surface area contributed by atoms with Gasteiger partial charge in [-0.3, -0.25) is 9.80 Å². The molecule has 0 saturated carbocycles. The van der Waals surface area contributed by atoms with Gasteiger partial charge in [0, 0.05) is 30.4 Å². The number of rotatable bonds is 4. The molecule has 114 valence electrons. The first-order valence-electron chi connectivity index (χ1n) is 7.49. The van der Waals surface area contributed by atoms with Crippen LogP contribution in [0.2, 0.25) is 0 Å². The number of aromatic nitrogens is 1. The molecule has 1 aliphatic heterocycles. The SMILES string of the molecule is CC(C)(C)c1csc(CN2CCCN(CCO)CC2)n1. The van der Waals surface area contributed by atoms with Gasteiger partial charge in [-0.1, -0.05) is 20.8 Å². The Labute approximate surface area is 126 Å². The number of β-amino-alcohol motifs (C(OH)–C–C–N with tert-alkyl or cyclic N) is 1. The lowest BCUT2D eigenvalue weighted by Crippen LogP contribution is -2.32. The van der Waals surface area contributed by atoms with Crippen LogP contribution in [0.15, 0.2) is 5.38 Å². The predicted octanol–water partition coefficient (Wildman–Crippen LogP) is 1.94. The molecule has 0 amide bonds. The molecule has 0 aliphatic carbocycles. The second kappa shape index (κ2) is 6.98. The van der Waals surface area contributed by atoms with Gasteiger partial charge in [0.15, 0.2) is 0 Å². The Hall–Kier alpha value is -0.490. The van der Waals surface area contributed by atoms with E-state index < -0.39 is 0 Å². The summed E-state index contributed by atoms with van der Waals surface area (Å²) in [5, 5.41) is 12.5. The van der Waals surface area contributed by atoms with E-state index in [2.05, 4.69) is 36.0 Å². The van der Waals surface area contributed by atoms with Gasteiger partial charge in [-0.05, 0) is 19.5 Å². The van der Waals surface area contributed by atoms with E-state index in [1.54, 1.807) is 11.3 Å². The van der Waals surface area contributed by atoms with Crippen LogP contribution in [0, 0.1) is 0 Å². The zero-order valence-corrected chi connectivity index (χ0v) is 13.7. The van der Waals surface area contributed by atoms with E-state index in [0.29, 0.717) is 0 Å². The van der Waals surface area contributed by atoms with E-state index >= 15 is 0 Å². The van der Waals surface area contributed by atoms with E-state index in [1.165, 1.54) is 17.1 Å². The van der Waals surface area contributed by atoms with E-state index in [4.69, 9.17) is 10.1 Å². The highest BCUT2D eigenvalue weighted by Gasteiger charge is 2.19. The molecule has 2 heterocycles. The van der Waals surface area contributed by atoms with Gasteiger partial charge in [-0.25, -0.2) is 4.98 Å². The van der Waals surface area contributed by atoms with Crippen LogP contribution < -0.4 is 0 Å². The molecule has 0 unspecified atom stereocenters. The van der Waals surface area contributed by atoms with Crippen molar-refractivity contribution in [1.82, 2.24) is 14.8 Å². The van der Waals surface area contributed by atoms with Gasteiger partial charge in [-0.15, -0.1) is 11.3 Å². The number of nitrogens with zero attached hydrogens (tertiary/aromatic N) is 3. The Kier molecular flexibility index (Phi) is 5.55. The smallest absolute Gasteiger partial charge is 0.107 e. The summed E-state index contributed by atoms with van der Waals surface area (Å²) in [5.74, 6) is 0. The molecule has 4 nitrogen and oxygen atoms in total. The van der Waals surface area contributed by atoms with Gasteiger partial charge in [-0.2, -0.15) is 0 Å². The molecule has 20 heavy (non-hydrogen) atoms. The van der Waals surface area contributed by atoms with Gasteiger partial charge < -0.3 is 5.11 Å². The zero-order valence-electron chi connectivity index (χ0n) is 12.9. The summed E-state index contributed by atoms with van der Waals surface area (Å²) in [6.07, 6.45) is 1.18. The van der Waals surface area contributed by atoms with Crippen LogP contribution in [0.5, 0.6) is 0 Å². The molecule has 1 fully saturated rings. The third kappa shape index (κ3) is 4.52. The molecule has 1 aromatic heterocycles. The van der Waals surface area contributed by atoms with Crippen molar-refractivity contribution >= 4 is 11.3 Å². The van der Waals surface area contributed by atoms with Crippen molar-refractivity contribution in [3.8, 4) is 0 Å². The predicted molar refractivity (Wildman–Crippen MR) is 84.2 cm³/mol. The quantitative estimate of drug-likeness (QED) is 0.922. The first-order valence-corrected chi connectivity index (χ1v) is 8.37. The molecule has 0 radical (unpaired) electrons. The Morgan fingerprint density at radius 3 is 2.55 bits per heavy atom. The number of hydrogen-bond acceptors (Lipinski definition) is 5. The van der Waals surface area contributed by atoms with Gasteiger partial charge in [0.25, 0.3) is 0 Å². The normalized spacial score (nSPS) is 19.2.